The average Bonchev–Trinajstić information content (AvgIpc) is 2.82. The fourth-order valence-corrected chi connectivity index (χ4v) is 4.14. The van der Waals surface area contributed by atoms with Crippen LogP contribution < -0.4 is 5.32 Å². The molecule has 4 unspecified atom stereocenters. The summed E-state index contributed by atoms with van der Waals surface area (Å²) in [6, 6.07) is -0.151. The molecule has 0 aromatic heterocycles. The summed E-state index contributed by atoms with van der Waals surface area (Å²) in [7, 11) is 1.77. The van der Waals surface area contributed by atoms with Crippen LogP contribution in [0.4, 0.5) is 0 Å². The Hall–Kier alpha value is -1.35. The molecular formula is C27H52N2O6. The molecule has 8 nitrogen and oxygen atoms in total. The molecule has 4 atom stereocenters. The largest absolute Gasteiger partial charge is 0.463 e. The fourth-order valence-electron chi connectivity index (χ4n) is 4.14. The molecular weight excluding hydrogens is 448 g/mol. The van der Waals surface area contributed by atoms with Crippen LogP contribution in [0.25, 0.3) is 0 Å². The van der Waals surface area contributed by atoms with Crippen LogP contribution in [-0.2, 0) is 19.1 Å². The van der Waals surface area contributed by atoms with Crippen molar-refractivity contribution in [1.82, 2.24) is 10.2 Å². The van der Waals surface area contributed by atoms with Crippen LogP contribution >= 0.6 is 0 Å². The highest BCUT2D eigenvalue weighted by Crippen LogP contribution is 2.12. The van der Waals surface area contributed by atoms with Gasteiger partial charge in [-0.05, 0) is 71.9 Å². The van der Waals surface area contributed by atoms with E-state index in [4.69, 9.17) is 4.74 Å². The number of hydrogen-bond donors (Lipinski definition) is 3. The van der Waals surface area contributed by atoms with Crippen molar-refractivity contribution in [2.75, 3.05) is 26.7 Å². The van der Waals surface area contributed by atoms with E-state index in [0.717, 1.165) is 44.7 Å². The van der Waals surface area contributed by atoms with Crippen molar-refractivity contribution in [2.45, 2.75) is 128 Å². The minimum absolute atomic E-state index is 0.0674. The number of aldehydes is 2. The quantitative estimate of drug-likeness (QED) is 0.0992. The van der Waals surface area contributed by atoms with E-state index < -0.39 is 12.2 Å². The Morgan fingerprint density at radius 3 is 2.17 bits per heavy atom. The van der Waals surface area contributed by atoms with Gasteiger partial charge in [0.2, 0.25) is 0 Å². The Bertz CT molecular complexity index is 534. The van der Waals surface area contributed by atoms with Crippen molar-refractivity contribution in [3.63, 3.8) is 0 Å². The maximum Gasteiger partial charge on any atom is 0.306 e. The summed E-state index contributed by atoms with van der Waals surface area (Å²) in [4.78, 5) is 35.6. The number of rotatable bonds is 25. The average molecular weight is 501 g/mol. The van der Waals surface area contributed by atoms with Gasteiger partial charge in [-0.25, -0.2) is 0 Å². The first kappa shape index (κ1) is 33.7. The molecule has 0 aliphatic heterocycles. The van der Waals surface area contributed by atoms with E-state index in [1.807, 2.05) is 11.8 Å². The number of likely N-dealkylation sites (N-methyl/N-ethyl adjacent to an activating group) is 1. The molecule has 206 valence electrons. The van der Waals surface area contributed by atoms with Crippen molar-refractivity contribution in [1.29, 1.82) is 0 Å². The molecule has 35 heavy (non-hydrogen) atoms. The SMILES string of the molecule is CCCCCCC(C)OC(=O)CCCC(O)CN(CCCCC(C=O)NC)CC(O)CCCC=O. The van der Waals surface area contributed by atoms with Gasteiger partial charge in [0.15, 0.2) is 0 Å². The lowest BCUT2D eigenvalue weighted by molar-refractivity contribution is -0.148. The van der Waals surface area contributed by atoms with Gasteiger partial charge >= 0.3 is 5.97 Å². The Kier molecular flexibility index (Phi) is 22.2. The molecule has 0 rings (SSSR count). The summed E-state index contributed by atoms with van der Waals surface area (Å²) in [5.74, 6) is -0.211. The lowest BCUT2D eigenvalue weighted by atomic mass is 10.1. The zero-order chi connectivity index (χ0) is 26.3. The Morgan fingerprint density at radius 2 is 1.57 bits per heavy atom. The normalized spacial score (nSPS) is 14.9. The molecule has 0 spiro atoms. The van der Waals surface area contributed by atoms with Crippen molar-refractivity contribution >= 4 is 18.5 Å². The second kappa shape index (κ2) is 23.1. The maximum atomic E-state index is 12.1. The summed E-state index contributed by atoms with van der Waals surface area (Å²) in [6.45, 7) is 5.65. The summed E-state index contributed by atoms with van der Waals surface area (Å²) in [6.07, 6.45) is 11.5. The summed E-state index contributed by atoms with van der Waals surface area (Å²) >= 11 is 0. The Balaban J connectivity index is 4.40. The Morgan fingerprint density at radius 1 is 0.914 bits per heavy atom. The number of unbranched alkanes of at least 4 members (excludes halogenated alkanes) is 5. The molecule has 0 radical (unpaired) electrons. The highest BCUT2D eigenvalue weighted by atomic mass is 16.5. The van der Waals surface area contributed by atoms with Gasteiger partial charge in [-0.3, -0.25) is 9.69 Å². The number of esters is 1. The molecule has 3 N–H and O–H groups in total. The molecule has 0 fully saturated rings. The van der Waals surface area contributed by atoms with Gasteiger partial charge in [-0.1, -0.05) is 32.6 Å². The third kappa shape index (κ3) is 20.5. The first-order valence-corrected chi connectivity index (χ1v) is 13.7. The van der Waals surface area contributed by atoms with Gasteiger partial charge in [-0.2, -0.15) is 0 Å². The van der Waals surface area contributed by atoms with Gasteiger partial charge in [-0.15, -0.1) is 0 Å². The number of nitrogens with zero attached hydrogens (tertiary/aromatic N) is 1. The van der Waals surface area contributed by atoms with Crippen LogP contribution in [0, 0.1) is 0 Å². The predicted molar refractivity (Wildman–Crippen MR) is 139 cm³/mol. The minimum atomic E-state index is -0.600. The Labute approximate surface area is 213 Å². The minimum Gasteiger partial charge on any atom is -0.463 e. The highest BCUT2D eigenvalue weighted by molar-refractivity contribution is 5.69. The first-order valence-electron chi connectivity index (χ1n) is 13.7. The van der Waals surface area contributed by atoms with E-state index in [1.54, 1.807) is 7.05 Å². The zero-order valence-corrected chi connectivity index (χ0v) is 22.5. The number of ether oxygens (including phenoxy) is 1. The molecule has 0 aromatic carbocycles. The van der Waals surface area contributed by atoms with Crippen molar-refractivity contribution < 1.29 is 29.3 Å². The molecule has 0 aliphatic carbocycles. The van der Waals surface area contributed by atoms with E-state index in [2.05, 4.69) is 12.2 Å². The fraction of sp³-hybridized carbons (Fsp3) is 0.889. The number of carbonyl (C=O) groups is 3. The van der Waals surface area contributed by atoms with Crippen molar-refractivity contribution in [3.05, 3.63) is 0 Å². The van der Waals surface area contributed by atoms with Gasteiger partial charge < -0.3 is 29.9 Å². The predicted octanol–water partition coefficient (Wildman–Crippen LogP) is 3.41. The van der Waals surface area contributed by atoms with E-state index in [-0.39, 0.29) is 18.1 Å². The third-order valence-corrected chi connectivity index (χ3v) is 6.29. The zero-order valence-electron chi connectivity index (χ0n) is 22.5. The van der Waals surface area contributed by atoms with Crippen LogP contribution in [0.2, 0.25) is 0 Å². The van der Waals surface area contributed by atoms with Crippen LogP contribution in [0.15, 0.2) is 0 Å². The van der Waals surface area contributed by atoms with Gasteiger partial charge in [0.05, 0.1) is 24.4 Å². The molecule has 0 heterocycles. The van der Waals surface area contributed by atoms with Crippen LogP contribution in [0.1, 0.15) is 104 Å². The van der Waals surface area contributed by atoms with Crippen LogP contribution in [0.3, 0.4) is 0 Å². The number of nitrogens with one attached hydrogen (secondary N) is 1. The second-order valence-corrected chi connectivity index (χ2v) is 9.73. The smallest absolute Gasteiger partial charge is 0.306 e. The van der Waals surface area contributed by atoms with E-state index in [9.17, 15) is 24.6 Å². The number of hydrogen-bond acceptors (Lipinski definition) is 8. The maximum absolute atomic E-state index is 12.1. The molecule has 0 aromatic rings. The molecule has 8 heteroatoms. The van der Waals surface area contributed by atoms with Crippen LogP contribution in [-0.4, -0.2) is 84.7 Å². The van der Waals surface area contributed by atoms with Gasteiger partial charge in [0, 0.05) is 25.9 Å². The summed E-state index contributed by atoms with van der Waals surface area (Å²) in [5.41, 5.74) is 0. The first-order chi connectivity index (χ1) is 16.9. The highest BCUT2D eigenvalue weighted by Gasteiger charge is 2.17. The standard InChI is InChI=1S/C27H52N2O6/c1-4-5-6-7-13-23(2)35-27(34)17-12-16-26(33)21-29(20-25(32)15-9-11-19-30)18-10-8-14-24(22-31)28-3/h19,22-26,28,32-33H,4-18,20-21H2,1-3H3. The van der Waals surface area contributed by atoms with Crippen LogP contribution in [0.5, 0.6) is 0 Å². The number of aliphatic hydroxyl groups excluding tert-OH is 2. The van der Waals surface area contributed by atoms with Gasteiger partial charge in [0.1, 0.15) is 12.6 Å². The van der Waals surface area contributed by atoms with E-state index in [0.29, 0.717) is 58.2 Å². The van der Waals surface area contributed by atoms with Gasteiger partial charge in [0.25, 0.3) is 0 Å². The number of aliphatic hydroxyl groups is 2. The molecule has 0 amide bonds. The van der Waals surface area contributed by atoms with Crippen molar-refractivity contribution in [2.24, 2.45) is 0 Å². The molecule has 0 bridgehead atoms. The number of carbonyl (C=O) groups excluding carboxylic acids is 3. The topological polar surface area (TPSA) is 116 Å². The molecule has 0 saturated carbocycles. The van der Waals surface area contributed by atoms with E-state index in [1.165, 1.54) is 19.3 Å². The second-order valence-electron chi connectivity index (χ2n) is 9.73. The molecule has 0 aliphatic rings. The summed E-state index contributed by atoms with van der Waals surface area (Å²) < 4.78 is 5.48. The lowest BCUT2D eigenvalue weighted by Gasteiger charge is -2.27. The summed E-state index contributed by atoms with van der Waals surface area (Å²) in [5, 5.41) is 23.9. The lowest BCUT2D eigenvalue weighted by Crippen LogP contribution is -2.39. The molecule has 0 saturated heterocycles. The van der Waals surface area contributed by atoms with E-state index >= 15 is 0 Å². The third-order valence-electron chi connectivity index (χ3n) is 6.29. The monoisotopic (exact) mass is 500 g/mol. The van der Waals surface area contributed by atoms with Crippen molar-refractivity contribution in [3.8, 4) is 0 Å².